The Morgan fingerprint density at radius 2 is 2.11 bits per heavy atom. The molecule has 0 spiro atoms. The zero-order valence-electron chi connectivity index (χ0n) is 19.4. The quantitative estimate of drug-likeness (QED) is 0.414. The van der Waals surface area contributed by atoms with Gasteiger partial charge in [0, 0.05) is 24.6 Å². The van der Waals surface area contributed by atoms with Gasteiger partial charge in [0.25, 0.3) is 0 Å². The second kappa shape index (κ2) is 11.1. The highest BCUT2D eigenvalue weighted by molar-refractivity contribution is 7.09. The number of aliphatic hydroxyl groups is 1. The van der Waals surface area contributed by atoms with E-state index in [2.05, 4.69) is 11.1 Å². The monoisotopic (exact) mass is 496 g/mol. The van der Waals surface area contributed by atoms with Crippen molar-refractivity contribution in [1.29, 1.82) is 5.26 Å². The van der Waals surface area contributed by atoms with Crippen LogP contribution in [0, 0.1) is 23.2 Å². The number of aromatic carboxylic acids is 1. The number of aromatic nitrogens is 1. The molecule has 35 heavy (non-hydrogen) atoms. The summed E-state index contributed by atoms with van der Waals surface area (Å²) < 4.78 is 11.9. The van der Waals surface area contributed by atoms with Crippen LogP contribution in [-0.2, 0) is 20.7 Å². The number of nitrogens with zero attached hydrogens (tertiary/aromatic N) is 2. The Morgan fingerprint density at radius 1 is 1.34 bits per heavy atom. The Bertz CT molecular complexity index is 1120. The van der Waals surface area contributed by atoms with Gasteiger partial charge < -0.3 is 19.7 Å². The molecule has 184 valence electrons. The van der Waals surface area contributed by atoms with Crippen LogP contribution in [0.2, 0.25) is 0 Å². The molecule has 1 saturated heterocycles. The van der Waals surface area contributed by atoms with Crippen LogP contribution in [0.4, 0.5) is 0 Å². The summed E-state index contributed by atoms with van der Waals surface area (Å²) >= 11 is 1.29. The fourth-order valence-corrected chi connectivity index (χ4v) is 5.84. The highest BCUT2D eigenvalue weighted by atomic mass is 32.1. The number of ether oxygens (including phenoxy) is 2. The van der Waals surface area contributed by atoms with E-state index < -0.39 is 12.1 Å². The molecule has 1 aromatic carbocycles. The molecule has 1 aromatic heterocycles. The van der Waals surface area contributed by atoms with E-state index in [0.29, 0.717) is 36.3 Å². The molecule has 2 N–H and O–H groups in total. The summed E-state index contributed by atoms with van der Waals surface area (Å²) in [6.45, 7) is 1.39. The molecule has 9 heteroatoms. The van der Waals surface area contributed by atoms with Gasteiger partial charge in [-0.2, -0.15) is 5.26 Å². The van der Waals surface area contributed by atoms with Crippen molar-refractivity contribution in [3.63, 3.8) is 0 Å². The van der Waals surface area contributed by atoms with Gasteiger partial charge in [-0.05, 0) is 49.3 Å². The molecule has 6 atom stereocenters. The van der Waals surface area contributed by atoms with E-state index in [1.807, 2.05) is 18.2 Å². The minimum atomic E-state index is -1.06. The number of fused-ring (bicyclic) bond motifs is 1. The summed E-state index contributed by atoms with van der Waals surface area (Å²) in [5.74, 6) is -1.34. The molecule has 1 aliphatic carbocycles. The third-order valence-electron chi connectivity index (χ3n) is 6.67. The number of thiazole rings is 1. The predicted molar refractivity (Wildman–Crippen MR) is 128 cm³/mol. The van der Waals surface area contributed by atoms with Gasteiger partial charge in [-0.25, -0.2) is 9.78 Å². The summed E-state index contributed by atoms with van der Waals surface area (Å²) in [6, 6.07) is 9.42. The first-order valence-corrected chi connectivity index (χ1v) is 12.6. The Hall–Kier alpha value is -3.06. The molecular weight excluding hydrogens is 468 g/mol. The normalized spacial score (nSPS) is 26.7. The van der Waals surface area contributed by atoms with Crippen LogP contribution < -0.4 is 0 Å². The van der Waals surface area contributed by atoms with Gasteiger partial charge in [0.2, 0.25) is 0 Å². The van der Waals surface area contributed by atoms with Crippen molar-refractivity contribution < 1.29 is 29.3 Å². The number of carboxylic acid groups (broad SMARTS) is 1. The van der Waals surface area contributed by atoms with E-state index in [-0.39, 0.29) is 41.8 Å². The van der Waals surface area contributed by atoms with Crippen LogP contribution in [0.25, 0.3) is 0 Å². The molecule has 1 unspecified atom stereocenters. The van der Waals surface area contributed by atoms with Crippen molar-refractivity contribution in [3.05, 3.63) is 63.6 Å². The van der Waals surface area contributed by atoms with Gasteiger partial charge in [-0.3, -0.25) is 4.79 Å². The maximum absolute atomic E-state index is 11.7. The van der Waals surface area contributed by atoms with Gasteiger partial charge in [0.15, 0.2) is 5.69 Å². The summed E-state index contributed by atoms with van der Waals surface area (Å²) in [5.41, 5.74) is 1.68. The number of benzene rings is 1. The Labute approximate surface area is 207 Å². The number of aliphatic hydroxyl groups excluding tert-OH is 1. The van der Waals surface area contributed by atoms with Crippen molar-refractivity contribution >= 4 is 23.3 Å². The summed E-state index contributed by atoms with van der Waals surface area (Å²) in [4.78, 5) is 27.1. The standard InChI is InChI=1S/C26H28N2O6S/c1-15(29)33-23-12-24-20(10-11-22(34-24)25-28-21(14-35-25)26(31)32)19(23)9-8-18(30)7-6-16-2-4-17(13-27)5-3-16/h2-5,8-9,14,18-20,22-24,30H,6-7,10-12H2,1H3,(H,31,32)/b9-8+/t18?,19-,20-,22-,23-,24+/m1/s1. The average Bonchev–Trinajstić information content (AvgIpc) is 3.46. The second-order valence-corrected chi connectivity index (χ2v) is 9.93. The first-order chi connectivity index (χ1) is 16.8. The van der Waals surface area contributed by atoms with Gasteiger partial charge in [0.05, 0.1) is 23.8 Å². The minimum Gasteiger partial charge on any atom is -0.476 e. The third kappa shape index (κ3) is 6.14. The molecule has 8 nitrogen and oxygen atoms in total. The van der Waals surface area contributed by atoms with Crippen LogP contribution >= 0.6 is 11.3 Å². The highest BCUT2D eigenvalue weighted by Gasteiger charge is 2.48. The lowest BCUT2D eigenvalue weighted by atomic mass is 9.86. The van der Waals surface area contributed by atoms with Crippen LogP contribution in [0.1, 0.15) is 65.3 Å². The lowest BCUT2D eigenvalue weighted by Gasteiger charge is -2.33. The lowest BCUT2D eigenvalue weighted by molar-refractivity contribution is -0.147. The molecule has 4 rings (SSSR count). The molecule has 2 heterocycles. The molecule has 2 fully saturated rings. The van der Waals surface area contributed by atoms with Crippen LogP contribution in [-0.4, -0.2) is 45.4 Å². The minimum absolute atomic E-state index is 0.0238. The van der Waals surface area contributed by atoms with Crippen LogP contribution in [0.3, 0.4) is 0 Å². The van der Waals surface area contributed by atoms with E-state index in [4.69, 9.17) is 19.8 Å². The van der Waals surface area contributed by atoms with Gasteiger partial charge >= 0.3 is 11.9 Å². The van der Waals surface area contributed by atoms with Crippen molar-refractivity contribution in [1.82, 2.24) is 4.98 Å². The Balaban J connectivity index is 1.39. The summed E-state index contributed by atoms with van der Waals surface area (Å²) in [7, 11) is 0. The number of hydrogen-bond acceptors (Lipinski definition) is 8. The molecule has 1 saturated carbocycles. The maximum atomic E-state index is 11.7. The van der Waals surface area contributed by atoms with Gasteiger partial charge in [-0.1, -0.05) is 24.3 Å². The number of carboxylic acids is 1. The zero-order valence-corrected chi connectivity index (χ0v) is 20.2. The number of esters is 1. The third-order valence-corrected chi connectivity index (χ3v) is 7.61. The number of rotatable bonds is 8. The number of nitriles is 1. The molecule has 0 bridgehead atoms. The smallest absolute Gasteiger partial charge is 0.355 e. The number of carbonyl (C=O) groups is 2. The lowest BCUT2D eigenvalue weighted by Crippen LogP contribution is -2.30. The summed E-state index contributed by atoms with van der Waals surface area (Å²) in [6.07, 6.45) is 5.63. The zero-order chi connectivity index (χ0) is 24.9. The Kier molecular flexibility index (Phi) is 7.96. The van der Waals surface area contributed by atoms with Crippen molar-refractivity contribution in [2.24, 2.45) is 11.8 Å². The molecule has 1 aliphatic heterocycles. The summed E-state index contributed by atoms with van der Waals surface area (Å²) in [5, 5.41) is 30.8. The topological polar surface area (TPSA) is 130 Å². The maximum Gasteiger partial charge on any atom is 0.355 e. The highest BCUT2D eigenvalue weighted by Crippen LogP contribution is 2.47. The first-order valence-electron chi connectivity index (χ1n) is 11.7. The average molecular weight is 497 g/mol. The fraction of sp³-hybridized carbons (Fsp3) is 0.462. The van der Waals surface area contributed by atoms with E-state index in [0.717, 1.165) is 12.0 Å². The van der Waals surface area contributed by atoms with E-state index >= 15 is 0 Å². The molecular formula is C26H28N2O6S. The molecule has 0 radical (unpaired) electrons. The van der Waals surface area contributed by atoms with Crippen LogP contribution in [0.5, 0.6) is 0 Å². The van der Waals surface area contributed by atoms with Crippen molar-refractivity contribution in [3.8, 4) is 6.07 Å². The largest absolute Gasteiger partial charge is 0.476 e. The molecule has 2 aromatic rings. The first kappa shape index (κ1) is 25.0. The Morgan fingerprint density at radius 3 is 2.77 bits per heavy atom. The van der Waals surface area contributed by atoms with Crippen molar-refractivity contribution in [2.45, 2.75) is 63.4 Å². The van der Waals surface area contributed by atoms with Crippen molar-refractivity contribution in [2.75, 3.05) is 0 Å². The number of hydrogen-bond donors (Lipinski definition) is 2. The SMILES string of the molecule is CC(=O)O[C@@H]1C[C@@H]2O[C@@H](c3nc(C(=O)O)cs3)CC[C@@H]2[C@H]1/C=C/C(O)CCc1ccc(C#N)cc1. The molecule has 2 aliphatic rings. The van der Waals surface area contributed by atoms with E-state index in [1.54, 1.807) is 18.2 Å². The second-order valence-electron chi connectivity index (χ2n) is 9.04. The molecule has 0 amide bonds. The van der Waals surface area contributed by atoms with E-state index in [1.165, 1.54) is 23.6 Å². The van der Waals surface area contributed by atoms with Crippen LogP contribution in [0.15, 0.2) is 41.8 Å². The fourth-order valence-electron chi connectivity index (χ4n) is 4.98. The van der Waals surface area contributed by atoms with Gasteiger partial charge in [0.1, 0.15) is 17.2 Å². The number of aryl methyl sites for hydroxylation is 1. The van der Waals surface area contributed by atoms with Gasteiger partial charge in [-0.15, -0.1) is 11.3 Å². The van der Waals surface area contributed by atoms with E-state index in [9.17, 15) is 14.7 Å². The number of carbonyl (C=O) groups excluding carboxylic acids is 1. The predicted octanol–water partition coefficient (Wildman–Crippen LogP) is 4.05.